The Kier molecular flexibility index (Phi) is 5.75. The van der Waals surface area contributed by atoms with Gasteiger partial charge < -0.3 is 4.90 Å². The summed E-state index contributed by atoms with van der Waals surface area (Å²) in [6.45, 7) is 0.977. The third-order valence-electron chi connectivity index (χ3n) is 2.25. The number of nitriles is 1. The number of benzene rings is 1. The summed E-state index contributed by atoms with van der Waals surface area (Å²) in [5.41, 5.74) is 1.27. The van der Waals surface area contributed by atoms with Crippen LogP contribution in [0.2, 0.25) is 0 Å². The first-order valence-electron chi connectivity index (χ1n) is 5.39. The molecule has 0 atom stereocenters. The number of rotatable bonds is 6. The summed E-state index contributed by atoms with van der Waals surface area (Å²) in [6, 6.07) is 8.82. The molecule has 1 aromatic carbocycles. The van der Waals surface area contributed by atoms with E-state index in [1.807, 2.05) is 20.2 Å². The Morgan fingerprint density at radius 1 is 1.35 bits per heavy atom. The van der Waals surface area contributed by atoms with E-state index >= 15 is 0 Å². The lowest BCUT2D eigenvalue weighted by Gasteiger charge is -2.08. The molecule has 0 radical (unpaired) electrons. The van der Waals surface area contributed by atoms with Gasteiger partial charge >= 0.3 is 0 Å². The molecule has 0 spiro atoms. The lowest BCUT2D eigenvalue weighted by Crippen LogP contribution is -2.15. The van der Waals surface area contributed by atoms with E-state index in [-0.39, 0.29) is 5.78 Å². The topological polar surface area (TPSA) is 44.1 Å². The summed E-state index contributed by atoms with van der Waals surface area (Å²) in [6.07, 6.45) is 0. The lowest BCUT2D eigenvalue weighted by atomic mass is 10.1. The fraction of sp³-hybridized carbons (Fsp3) is 0.385. The number of carbonyl (C=O) groups excluding carboxylic acids is 1. The molecule has 1 rings (SSSR count). The Bertz CT molecular complexity index is 406. The molecule has 0 fully saturated rings. The molecule has 0 N–H and O–H groups in total. The molecule has 0 unspecified atom stereocenters. The molecular weight excluding hydrogens is 232 g/mol. The lowest BCUT2D eigenvalue weighted by molar-refractivity contribution is 0.102. The number of nitrogens with zero attached hydrogens (tertiary/aromatic N) is 2. The van der Waals surface area contributed by atoms with Gasteiger partial charge in [-0.05, 0) is 26.2 Å². The van der Waals surface area contributed by atoms with Gasteiger partial charge in [0, 0.05) is 17.9 Å². The first-order valence-corrected chi connectivity index (χ1v) is 6.55. The first-order chi connectivity index (χ1) is 8.13. The average Bonchev–Trinajstić information content (AvgIpc) is 2.34. The van der Waals surface area contributed by atoms with Crippen molar-refractivity contribution in [2.24, 2.45) is 0 Å². The van der Waals surface area contributed by atoms with E-state index in [0.717, 1.165) is 12.3 Å². The van der Waals surface area contributed by atoms with Gasteiger partial charge in [-0.2, -0.15) is 17.0 Å². The molecule has 0 aliphatic rings. The van der Waals surface area contributed by atoms with E-state index in [1.54, 1.807) is 36.0 Å². The van der Waals surface area contributed by atoms with Gasteiger partial charge in [0.1, 0.15) is 0 Å². The highest BCUT2D eigenvalue weighted by atomic mass is 32.2. The number of Topliss-reactive ketones (excluding diaryl/α,β-unsaturated/α-hetero) is 1. The van der Waals surface area contributed by atoms with Crippen LogP contribution in [0.4, 0.5) is 0 Å². The third-order valence-corrected chi connectivity index (χ3v) is 3.19. The molecule has 90 valence electrons. The van der Waals surface area contributed by atoms with Crippen molar-refractivity contribution in [3.8, 4) is 6.07 Å². The van der Waals surface area contributed by atoms with E-state index in [4.69, 9.17) is 5.26 Å². The molecule has 0 aliphatic heterocycles. The summed E-state index contributed by atoms with van der Waals surface area (Å²) >= 11 is 1.64. The van der Waals surface area contributed by atoms with Gasteiger partial charge in [0.25, 0.3) is 0 Å². The van der Waals surface area contributed by atoms with Crippen LogP contribution in [0.3, 0.4) is 0 Å². The second-order valence-electron chi connectivity index (χ2n) is 3.97. The number of hydrogen-bond donors (Lipinski definition) is 0. The van der Waals surface area contributed by atoms with Gasteiger partial charge in [-0.3, -0.25) is 4.79 Å². The van der Waals surface area contributed by atoms with Crippen LogP contribution in [0.1, 0.15) is 15.9 Å². The van der Waals surface area contributed by atoms with Crippen LogP contribution in [0.15, 0.2) is 24.3 Å². The van der Waals surface area contributed by atoms with Gasteiger partial charge in [0.2, 0.25) is 0 Å². The van der Waals surface area contributed by atoms with E-state index in [9.17, 15) is 4.79 Å². The molecule has 0 saturated carbocycles. The van der Waals surface area contributed by atoms with Crippen LogP contribution < -0.4 is 0 Å². The predicted molar refractivity (Wildman–Crippen MR) is 71.4 cm³/mol. The summed E-state index contributed by atoms with van der Waals surface area (Å²) in [7, 11) is 4.03. The SMILES string of the molecule is CN(C)CCSCC(=O)c1ccc(C#N)cc1. The maximum atomic E-state index is 11.8. The normalized spacial score (nSPS) is 10.2. The fourth-order valence-corrected chi connectivity index (χ4v) is 2.22. The zero-order chi connectivity index (χ0) is 12.7. The van der Waals surface area contributed by atoms with E-state index < -0.39 is 0 Å². The third kappa shape index (κ3) is 5.03. The Balaban J connectivity index is 2.39. The number of ketones is 1. The standard InChI is InChI=1S/C13H16N2OS/c1-15(2)7-8-17-10-13(16)12-5-3-11(9-14)4-6-12/h3-6H,7-8,10H2,1-2H3. The predicted octanol–water partition coefficient (Wildman–Crippen LogP) is 2.04. The molecule has 4 heteroatoms. The van der Waals surface area contributed by atoms with Crippen molar-refractivity contribution in [1.29, 1.82) is 5.26 Å². The van der Waals surface area contributed by atoms with Gasteiger partial charge in [0.05, 0.1) is 17.4 Å². The minimum absolute atomic E-state index is 0.123. The van der Waals surface area contributed by atoms with Gasteiger partial charge in [-0.1, -0.05) is 12.1 Å². The maximum Gasteiger partial charge on any atom is 0.172 e. The van der Waals surface area contributed by atoms with E-state index in [1.165, 1.54) is 0 Å². The fourth-order valence-electron chi connectivity index (χ4n) is 1.23. The van der Waals surface area contributed by atoms with Crippen LogP contribution in [-0.2, 0) is 0 Å². The zero-order valence-electron chi connectivity index (χ0n) is 10.1. The summed E-state index contributed by atoms with van der Waals surface area (Å²) < 4.78 is 0. The number of hydrogen-bond acceptors (Lipinski definition) is 4. The summed E-state index contributed by atoms with van der Waals surface area (Å²) in [4.78, 5) is 13.9. The average molecular weight is 248 g/mol. The molecule has 0 heterocycles. The first kappa shape index (κ1) is 13.8. The molecule has 0 amide bonds. The maximum absolute atomic E-state index is 11.8. The Hall–Kier alpha value is -1.31. The zero-order valence-corrected chi connectivity index (χ0v) is 11.0. The molecule has 0 aliphatic carbocycles. The van der Waals surface area contributed by atoms with Crippen molar-refractivity contribution in [3.63, 3.8) is 0 Å². The van der Waals surface area contributed by atoms with Crippen LogP contribution in [0.25, 0.3) is 0 Å². The monoisotopic (exact) mass is 248 g/mol. The van der Waals surface area contributed by atoms with Crippen LogP contribution in [0, 0.1) is 11.3 Å². The van der Waals surface area contributed by atoms with Crippen molar-refractivity contribution in [1.82, 2.24) is 4.90 Å². The molecule has 0 aromatic heterocycles. The highest BCUT2D eigenvalue weighted by Crippen LogP contribution is 2.09. The van der Waals surface area contributed by atoms with Crippen LogP contribution in [0.5, 0.6) is 0 Å². The Labute approximate surface area is 106 Å². The molecule has 1 aromatic rings. The Morgan fingerprint density at radius 2 is 2.00 bits per heavy atom. The van der Waals surface area contributed by atoms with Gasteiger partial charge in [0.15, 0.2) is 5.78 Å². The molecule has 17 heavy (non-hydrogen) atoms. The van der Waals surface area contributed by atoms with E-state index in [0.29, 0.717) is 16.9 Å². The smallest absolute Gasteiger partial charge is 0.172 e. The van der Waals surface area contributed by atoms with Crippen molar-refractivity contribution >= 4 is 17.5 Å². The van der Waals surface area contributed by atoms with Crippen LogP contribution >= 0.6 is 11.8 Å². The summed E-state index contributed by atoms with van der Waals surface area (Å²) in [5.74, 6) is 1.58. The number of carbonyl (C=O) groups is 1. The van der Waals surface area contributed by atoms with Crippen molar-refractivity contribution in [3.05, 3.63) is 35.4 Å². The second kappa shape index (κ2) is 7.10. The van der Waals surface area contributed by atoms with Gasteiger partial charge in [-0.25, -0.2) is 0 Å². The van der Waals surface area contributed by atoms with Crippen LogP contribution in [-0.4, -0.2) is 42.8 Å². The number of thioether (sulfide) groups is 1. The minimum atomic E-state index is 0.123. The highest BCUT2D eigenvalue weighted by molar-refractivity contribution is 8.00. The van der Waals surface area contributed by atoms with Crippen molar-refractivity contribution in [2.75, 3.05) is 32.1 Å². The highest BCUT2D eigenvalue weighted by Gasteiger charge is 2.05. The van der Waals surface area contributed by atoms with Crippen molar-refractivity contribution < 1.29 is 4.79 Å². The van der Waals surface area contributed by atoms with E-state index in [2.05, 4.69) is 4.90 Å². The Morgan fingerprint density at radius 3 is 2.53 bits per heavy atom. The largest absolute Gasteiger partial charge is 0.309 e. The van der Waals surface area contributed by atoms with Gasteiger partial charge in [-0.15, -0.1) is 0 Å². The molecule has 0 bridgehead atoms. The molecule has 0 saturated heterocycles. The molecule has 3 nitrogen and oxygen atoms in total. The minimum Gasteiger partial charge on any atom is -0.309 e. The summed E-state index contributed by atoms with van der Waals surface area (Å²) in [5, 5.41) is 8.65. The molecular formula is C13H16N2OS. The van der Waals surface area contributed by atoms with Crippen molar-refractivity contribution in [2.45, 2.75) is 0 Å². The quantitative estimate of drug-likeness (QED) is 0.571. The second-order valence-corrected chi connectivity index (χ2v) is 5.07.